The van der Waals surface area contributed by atoms with Crippen molar-refractivity contribution in [2.24, 2.45) is 0 Å². The maximum absolute atomic E-state index is 11.1. The molecule has 1 rings (SSSR count). The van der Waals surface area contributed by atoms with Crippen LogP contribution in [0.4, 0.5) is 0 Å². The van der Waals surface area contributed by atoms with Crippen molar-refractivity contribution in [3.05, 3.63) is 23.8 Å². The summed E-state index contributed by atoms with van der Waals surface area (Å²) in [5, 5.41) is 2.85. The van der Waals surface area contributed by atoms with E-state index in [4.69, 9.17) is 9.47 Å². The summed E-state index contributed by atoms with van der Waals surface area (Å²) in [6.07, 6.45) is 1.31. The molecule has 0 heterocycles. The lowest BCUT2D eigenvalue weighted by molar-refractivity contribution is -0.120. The monoisotopic (exact) mass is 251 g/mol. The molecule has 0 aliphatic carbocycles. The molecule has 0 saturated heterocycles. The van der Waals surface area contributed by atoms with Gasteiger partial charge in [-0.05, 0) is 31.0 Å². The van der Waals surface area contributed by atoms with Crippen LogP contribution in [0, 0.1) is 0 Å². The predicted octanol–water partition coefficient (Wildman–Crippen LogP) is 2.16. The number of ether oxygens (including phenoxy) is 2. The van der Waals surface area contributed by atoms with E-state index >= 15 is 0 Å². The van der Waals surface area contributed by atoms with Gasteiger partial charge in [0.25, 0.3) is 0 Å². The van der Waals surface area contributed by atoms with Crippen molar-refractivity contribution in [2.45, 2.75) is 26.7 Å². The van der Waals surface area contributed by atoms with Gasteiger partial charge in [0.15, 0.2) is 11.5 Å². The molecule has 0 bridgehead atoms. The Morgan fingerprint density at radius 2 is 2.06 bits per heavy atom. The third-order valence-electron chi connectivity index (χ3n) is 2.58. The highest BCUT2D eigenvalue weighted by molar-refractivity contribution is 5.75. The smallest absolute Gasteiger partial charge is 0.219 e. The Labute approximate surface area is 108 Å². The van der Waals surface area contributed by atoms with Crippen LogP contribution < -0.4 is 14.8 Å². The summed E-state index contributed by atoms with van der Waals surface area (Å²) in [6.45, 7) is 5.03. The van der Waals surface area contributed by atoms with E-state index in [0.717, 1.165) is 23.5 Å². The number of carbonyl (C=O) groups is 1. The zero-order valence-corrected chi connectivity index (χ0v) is 11.3. The minimum Gasteiger partial charge on any atom is -0.493 e. The minimum atomic E-state index is 0.0774. The largest absolute Gasteiger partial charge is 0.493 e. The standard InChI is InChI=1S/C14H21NO3/c1-4-14(16)15-9-8-11-6-7-12(17-3)13(10-11)18-5-2/h6-7,10H,4-5,8-9H2,1-3H3,(H,15,16). The summed E-state index contributed by atoms with van der Waals surface area (Å²) < 4.78 is 10.7. The van der Waals surface area contributed by atoms with Crippen LogP contribution in [0.3, 0.4) is 0 Å². The van der Waals surface area contributed by atoms with Gasteiger partial charge in [0.1, 0.15) is 0 Å². The molecule has 0 saturated carbocycles. The minimum absolute atomic E-state index is 0.0774. The van der Waals surface area contributed by atoms with E-state index < -0.39 is 0 Å². The number of methoxy groups -OCH3 is 1. The predicted molar refractivity (Wildman–Crippen MR) is 71.2 cm³/mol. The van der Waals surface area contributed by atoms with Crippen molar-refractivity contribution in [3.8, 4) is 11.5 Å². The van der Waals surface area contributed by atoms with Crippen molar-refractivity contribution in [2.75, 3.05) is 20.3 Å². The van der Waals surface area contributed by atoms with E-state index in [0.29, 0.717) is 19.6 Å². The highest BCUT2D eigenvalue weighted by Gasteiger charge is 2.05. The van der Waals surface area contributed by atoms with E-state index in [1.165, 1.54) is 0 Å². The molecule has 100 valence electrons. The van der Waals surface area contributed by atoms with E-state index in [-0.39, 0.29) is 5.91 Å². The van der Waals surface area contributed by atoms with Gasteiger partial charge in [-0.15, -0.1) is 0 Å². The van der Waals surface area contributed by atoms with Gasteiger partial charge in [0, 0.05) is 13.0 Å². The summed E-state index contributed by atoms with van der Waals surface area (Å²) in [6, 6.07) is 5.84. The zero-order chi connectivity index (χ0) is 13.4. The average molecular weight is 251 g/mol. The second kappa shape index (κ2) is 7.58. The van der Waals surface area contributed by atoms with E-state index in [1.54, 1.807) is 7.11 Å². The van der Waals surface area contributed by atoms with Crippen molar-refractivity contribution in [1.82, 2.24) is 5.32 Å². The number of hydrogen-bond donors (Lipinski definition) is 1. The van der Waals surface area contributed by atoms with Crippen LogP contribution in [0.25, 0.3) is 0 Å². The second-order valence-corrected chi connectivity index (χ2v) is 3.87. The molecule has 0 radical (unpaired) electrons. The summed E-state index contributed by atoms with van der Waals surface area (Å²) in [4.78, 5) is 11.1. The number of carbonyl (C=O) groups excluding carboxylic acids is 1. The average Bonchev–Trinajstić information content (AvgIpc) is 2.39. The molecule has 0 unspecified atom stereocenters. The van der Waals surface area contributed by atoms with Crippen LogP contribution >= 0.6 is 0 Å². The number of rotatable bonds is 7. The fourth-order valence-corrected chi connectivity index (χ4v) is 1.62. The van der Waals surface area contributed by atoms with Crippen LogP contribution in [0.5, 0.6) is 11.5 Å². The van der Waals surface area contributed by atoms with Gasteiger partial charge in [-0.25, -0.2) is 0 Å². The van der Waals surface area contributed by atoms with Gasteiger partial charge < -0.3 is 14.8 Å². The van der Waals surface area contributed by atoms with Crippen LogP contribution in [0.15, 0.2) is 18.2 Å². The number of nitrogens with one attached hydrogen (secondary N) is 1. The molecule has 0 spiro atoms. The van der Waals surface area contributed by atoms with Gasteiger partial charge in [-0.3, -0.25) is 4.79 Å². The molecule has 1 amide bonds. The summed E-state index contributed by atoms with van der Waals surface area (Å²) >= 11 is 0. The van der Waals surface area contributed by atoms with E-state index in [9.17, 15) is 4.79 Å². The molecule has 0 aromatic heterocycles. The lowest BCUT2D eigenvalue weighted by atomic mass is 10.1. The first-order chi connectivity index (χ1) is 8.71. The Bertz CT molecular complexity index is 391. The van der Waals surface area contributed by atoms with Crippen molar-refractivity contribution >= 4 is 5.91 Å². The first kappa shape index (κ1) is 14.4. The summed E-state index contributed by atoms with van der Waals surface area (Å²) in [5.74, 6) is 1.56. The first-order valence-corrected chi connectivity index (χ1v) is 6.27. The molecule has 4 nitrogen and oxygen atoms in total. The Kier molecular flexibility index (Phi) is 6.05. The Morgan fingerprint density at radius 3 is 2.67 bits per heavy atom. The van der Waals surface area contributed by atoms with E-state index in [2.05, 4.69) is 5.32 Å². The van der Waals surface area contributed by atoms with Gasteiger partial charge in [0.2, 0.25) is 5.91 Å². The van der Waals surface area contributed by atoms with Crippen LogP contribution in [-0.2, 0) is 11.2 Å². The Morgan fingerprint density at radius 1 is 1.28 bits per heavy atom. The Balaban J connectivity index is 2.61. The summed E-state index contributed by atoms with van der Waals surface area (Å²) in [5.41, 5.74) is 1.12. The molecule has 0 atom stereocenters. The molecule has 1 aromatic carbocycles. The highest BCUT2D eigenvalue weighted by Crippen LogP contribution is 2.28. The van der Waals surface area contributed by atoms with Gasteiger partial charge in [-0.1, -0.05) is 13.0 Å². The maximum atomic E-state index is 11.1. The number of amides is 1. The molecule has 1 N–H and O–H groups in total. The molecule has 18 heavy (non-hydrogen) atoms. The van der Waals surface area contributed by atoms with Crippen molar-refractivity contribution in [3.63, 3.8) is 0 Å². The molecular weight excluding hydrogens is 230 g/mol. The second-order valence-electron chi connectivity index (χ2n) is 3.87. The van der Waals surface area contributed by atoms with Crippen LogP contribution in [0.2, 0.25) is 0 Å². The first-order valence-electron chi connectivity index (χ1n) is 6.27. The van der Waals surface area contributed by atoms with Gasteiger partial charge >= 0.3 is 0 Å². The fourth-order valence-electron chi connectivity index (χ4n) is 1.62. The molecule has 0 aliphatic heterocycles. The van der Waals surface area contributed by atoms with Crippen LogP contribution in [0.1, 0.15) is 25.8 Å². The topological polar surface area (TPSA) is 47.6 Å². The molecular formula is C14H21NO3. The lowest BCUT2D eigenvalue weighted by Crippen LogP contribution is -2.24. The van der Waals surface area contributed by atoms with Crippen molar-refractivity contribution in [1.29, 1.82) is 0 Å². The lowest BCUT2D eigenvalue weighted by Gasteiger charge is -2.11. The number of hydrogen-bond acceptors (Lipinski definition) is 3. The van der Waals surface area contributed by atoms with Gasteiger partial charge in [-0.2, -0.15) is 0 Å². The fraction of sp³-hybridized carbons (Fsp3) is 0.500. The molecule has 1 aromatic rings. The molecule has 0 aliphatic rings. The summed E-state index contributed by atoms with van der Waals surface area (Å²) in [7, 11) is 1.62. The highest BCUT2D eigenvalue weighted by atomic mass is 16.5. The molecule has 0 fully saturated rings. The van der Waals surface area contributed by atoms with E-state index in [1.807, 2.05) is 32.0 Å². The quantitative estimate of drug-likeness (QED) is 0.808. The normalized spacial score (nSPS) is 9.94. The third-order valence-corrected chi connectivity index (χ3v) is 2.58. The SMILES string of the molecule is CCOc1cc(CCNC(=O)CC)ccc1OC. The van der Waals surface area contributed by atoms with Gasteiger partial charge in [0.05, 0.1) is 13.7 Å². The molecule has 4 heteroatoms. The number of benzene rings is 1. The third kappa shape index (κ3) is 4.28. The Hall–Kier alpha value is -1.71. The van der Waals surface area contributed by atoms with Crippen LogP contribution in [-0.4, -0.2) is 26.2 Å². The maximum Gasteiger partial charge on any atom is 0.219 e. The zero-order valence-electron chi connectivity index (χ0n) is 11.3. The van der Waals surface area contributed by atoms with Crippen molar-refractivity contribution < 1.29 is 14.3 Å².